The van der Waals surface area contributed by atoms with Crippen LogP contribution in [0.15, 0.2) is 9.52 Å². The molecular formula is C18H18F7N3O3. The fourth-order valence-electron chi connectivity index (χ4n) is 3.56. The number of nitrogens with zero attached hydrogens (tertiary/aromatic N) is 2. The smallest absolute Gasteiger partial charge is 0.455 e. The Bertz CT molecular complexity index is 915. The summed E-state index contributed by atoms with van der Waals surface area (Å²) in [6.07, 6.45) is -4.11. The number of carbonyl (C=O) groups is 2. The number of hydrogen-bond acceptors (Lipinski definition) is 4. The van der Waals surface area contributed by atoms with Gasteiger partial charge in [0.1, 0.15) is 5.76 Å². The van der Waals surface area contributed by atoms with E-state index in [1.54, 1.807) is 4.90 Å². The maximum atomic E-state index is 13.5. The zero-order valence-electron chi connectivity index (χ0n) is 16.2. The van der Waals surface area contributed by atoms with E-state index in [9.17, 15) is 40.3 Å². The predicted octanol–water partition coefficient (Wildman–Crippen LogP) is 3.81. The second-order valence-corrected chi connectivity index (χ2v) is 7.35. The number of hydrazone groups is 1. The van der Waals surface area contributed by atoms with E-state index in [2.05, 4.69) is 5.10 Å². The van der Waals surface area contributed by atoms with Crippen molar-refractivity contribution in [2.45, 2.75) is 57.0 Å². The maximum absolute atomic E-state index is 13.5. The standard InChI is InChI=1S/C18H18F7N3O3/c1-9-12-10(26-27-15(30)16(19,20)17(21,22)18(23,24)25)5-4-6-11(12)31-13(9)14(29)28-7-2-3-8-28/h2-8H2,1H3,(H,27,30)/b26-10+. The van der Waals surface area contributed by atoms with E-state index >= 15 is 0 Å². The van der Waals surface area contributed by atoms with Gasteiger partial charge in [-0.1, -0.05) is 0 Å². The third kappa shape index (κ3) is 3.89. The summed E-state index contributed by atoms with van der Waals surface area (Å²) in [5.41, 5.74) is 1.64. The Kier molecular flexibility index (Phi) is 5.82. The summed E-state index contributed by atoms with van der Waals surface area (Å²) < 4.78 is 95.4. The number of furan rings is 1. The topological polar surface area (TPSA) is 74.9 Å². The average molecular weight is 457 g/mol. The molecule has 2 amide bonds. The van der Waals surface area contributed by atoms with Crippen LogP contribution in [-0.4, -0.2) is 53.5 Å². The Morgan fingerprint density at radius 3 is 2.19 bits per heavy atom. The summed E-state index contributed by atoms with van der Waals surface area (Å²) >= 11 is 0. The van der Waals surface area contributed by atoms with Crippen LogP contribution in [0.3, 0.4) is 0 Å². The second kappa shape index (κ2) is 7.83. The third-order valence-electron chi connectivity index (χ3n) is 5.24. The van der Waals surface area contributed by atoms with Crippen LogP contribution < -0.4 is 5.43 Å². The first-order valence-corrected chi connectivity index (χ1v) is 9.40. The molecule has 31 heavy (non-hydrogen) atoms. The van der Waals surface area contributed by atoms with Crippen molar-refractivity contribution in [2.24, 2.45) is 5.10 Å². The number of carbonyl (C=O) groups excluding carboxylic acids is 2. The highest BCUT2D eigenvalue weighted by molar-refractivity contribution is 6.06. The van der Waals surface area contributed by atoms with Crippen molar-refractivity contribution >= 4 is 17.5 Å². The maximum Gasteiger partial charge on any atom is 0.460 e. The summed E-state index contributed by atoms with van der Waals surface area (Å²) in [5, 5.41) is 3.37. The summed E-state index contributed by atoms with van der Waals surface area (Å²) in [6.45, 7) is 2.60. The number of halogens is 7. The molecule has 0 atom stereocenters. The quantitative estimate of drug-likeness (QED) is 0.552. The molecule has 1 saturated heterocycles. The molecule has 6 nitrogen and oxygen atoms in total. The van der Waals surface area contributed by atoms with Gasteiger partial charge in [0.15, 0.2) is 5.76 Å². The summed E-state index contributed by atoms with van der Waals surface area (Å²) in [4.78, 5) is 25.7. The fourth-order valence-corrected chi connectivity index (χ4v) is 3.56. The van der Waals surface area contributed by atoms with Crippen LogP contribution in [0.5, 0.6) is 0 Å². The number of hydrogen-bond donors (Lipinski definition) is 1. The molecule has 2 aliphatic rings. The van der Waals surface area contributed by atoms with Crippen LogP contribution in [0, 0.1) is 6.92 Å². The van der Waals surface area contributed by atoms with Crippen LogP contribution in [0.2, 0.25) is 0 Å². The number of amides is 2. The zero-order chi connectivity index (χ0) is 23.2. The molecule has 172 valence electrons. The van der Waals surface area contributed by atoms with E-state index in [0.717, 1.165) is 18.3 Å². The van der Waals surface area contributed by atoms with Gasteiger partial charge in [0.05, 0.1) is 5.71 Å². The van der Waals surface area contributed by atoms with Gasteiger partial charge >= 0.3 is 23.9 Å². The van der Waals surface area contributed by atoms with Gasteiger partial charge in [-0.15, -0.1) is 0 Å². The second-order valence-electron chi connectivity index (χ2n) is 7.35. The lowest BCUT2D eigenvalue weighted by Crippen LogP contribution is -2.58. The molecule has 1 aromatic rings. The van der Waals surface area contributed by atoms with Crippen molar-refractivity contribution in [3.63, 3.8) is 0 Å². The Morgan fingerprint density at radius 2 is 1.61 bits per heavy atom. The molecular weight excluding hydrogens is 439 g/mol. The lowest BCUT2D eigenvalue weighted by atomic mass is 9.93. The number of alkyl halides is 7. The molecule has 2 heterocycles. The average Bonchev–Trinajstić information content (AvgIpc) is 3.33. The van der Waals surface area contributed by atoms with Crippen molar-refractivity contribution in [2.75, 3.05) is 13.1 Å². The van der Waals surface area contributed by atoms with E-state index in [1.807, 2.05) is 0 Å². The van der Waals surface area contributed by atoms with Gasteiger partial charge in [-0.2, -0.15) is 35.8 Å². The van der Waals surface area contributed by atoms with E-state index < -0.39 is 23.9 Å². The first kappa shape index (κ1) is 23.1. The van der Waals surface area contributed by atoms with Gasteiger partial charge in [-0.05, 0) is 32.6 Å². The minimum atomic E-state index is -6.63. The molecule has 0 radical (unpaired) electrons. The predicted molar refractivity (Wildman–Crippen MR) is 92.1 cm³/mol. The van der Waals surface area contributed by atoms with Gasteiger partial charge in [0.2, 0.25) is 0 Å². The molecule has 3 rings (SSSR count). The lowest BCUT2D eigenvalue weighted by Gasteiger charge is -2.26. The molecule has 1 fully saturated rings. The minimum Gasteiger partial charge on any atom is -0.455 e. The highest BCUT2D eigenvalue weighted by atomic mass is 19.4. The Morgan fingerprint density at radius 1 is 1.00 bits per heavy atom. The molecule has 1 N–H and O–H groups in total. The van der Waals surface area contributed by atoms with Crippen LogP contribution in [0.4, 0.5) is 30.7 Å². The molecule has 13 heteroatoms. The zero-order valence-corrected chi connectivity index (χ0v) is 16.2. The number of rotatable bonds is 4. The number of aryl methyl sites for hydroxylation is 1. The summed E-state index contributed by atoms with van der Waals surface area (Å²) in [6, 6.07) is 0. The van der Waals surface area contributed by atoms with Crippen molar-refractivity contribution in [3.05, 3.63) is 22.6 Å². The third-order valence-corrected chi connectivity index (χ3v) is 5.24. The van der Waals surface area contributed by atoms with Crippen LogP contribution in [0.1, 0.15) is 53.1 Å². The molecule has 0 unspecified atom stereocenters. The SMILES string of the molecule is Cc1c(C(=O)N2CCCC2)oc2c1/C(=N/NC(=O)C(F)(F)C(F)(F)C(F)(F)F)CCC2. The van der Waals surface area contributed by atoms with E-state index in [0.29, 0.717) is 37.3 Å². The monoisotopic (exact) mass is 457 g/mol. The largest absolute Gasteiger partial charge is 0.460 e. The van der Waals surface area contributed by atoms with Crippen LogP contribution >= 0.6 is 0 Å². The van der Waals surface area contributed by atoms with Gasteiger partial charge in [-0.3, -0.25) is 9.59 Å². The first-order chi connectivity index (χ1) is 14.3. The molecule has 0 spiro atoms. The minimum absolute atomic E-state index is 0.0155. The van der Waals surface area contributed by atoms with Gasteiger partial charge in [-0.25, -0.2) is 5.43 Å². The molecule has 0 bridgehead atoms. The number of fused-ring (bicyclic) bond motifs is 1. The van der Waals surface area contributed by atoms with Crippen molar-refractivity contribution in [1.29, 1.82) is 0 Å². The Balaban J connectivity index is 1.86. The Labute approximate surface area is 171 Å². The normalized spacial score (nSPS) is 19.0. The number of likely N-dealkylation sites (tertiary alicyclic amines) is 1. The van der Waals surface area contributed by atoms with Crippen molar-refractivity contribution < 1.29 is 44.7 Å². The van der Waals surface area contributed by atoms with E-state index in [1.165, 1.54) is 6.92 Å². The van der Waals surface area contributed by atoms with E-state index in [-0.39, 0.29) is 29.4 Å². The first-order valence-electron chi connectivity index (χ1n) is 9.40. The van der Waals surface area contributed by atoms with E-state index in [4.69, 9.17) is 4.42 Å². The molecule has 1 aliphatic heterocycles. The molecule has 0 aromatic carbocycles. The molecule has 1 aliphatic carbocycles. The fraction of sp³-hybridized carbons (Fsp3) is 0.611. The number of nitrogens with one attached hydrogen (secondary N) is 1. The molecule has 1 aromatic heterocycles. The van der Waals surface area contributed by atoms with Crippen LogP contribution in [-0.2, 0) is 11.2 Å². The molecule has 0 saturated carbocycles. The van der Waals surface area contributed by atoms with Gasteiger partial charge < -0.3 is 9.32 Å². The summed E-state index contributed by atoms with van der Waals surface area (Å²) in [7, 11) is 0. The van der Waals surface area contributed by atoms with Gasteiger partial charge in [0, 0.05) is 30.6 Å². The van der Waals surface area contributed by atoms with Crippen molar-refractivity contribution in [1.82, 2.24) is 10.3 Å². The highest BCUT2D eigenvalue weighted by Crippen LogP contribution is 2.46. The highest BCUT2D eigenvalue weighted by Gasteiger charge is 2.76. The van der Waals surface area contributed by atoms with Crippen molar-refractivity contribution in [3.8, 4) is 0 Å². The summed E-state index contributed by atoms with van der Waals surface area (Å²) in [5.74, 6) is -15.6. The lowest BCUT2D eigenvalue weighted by molar-refractivity contribution is -0.344. The van der Waals surface area contributed by atoms with Crippen LogP contribution in [0.25, 0.3) is 0 Å². The Hall–Kier alpha value is -2.60. The van der Waals surface area contributed by atoms with Gasteiger partial charge in [0.25, 0.3) is 5.91 Å².